The summed E-state index contributed by atoms with van der Waals surface area (Å²) in [6.07, 6.45) is 3.51. The topological polar surface area (TPSA) is 58.9 Å². The number of rotatable bonds is 6. The summed E-state index contributed by atoms with van der Waals surface area (Å²) in [6.45, 7) is 1.83. The van der Waals surface area contributed by atoms with E-state index < -0.39 is 5.66 Å². The van der Waals surface area contributed by atoms with E-state index in [2.05, 4.69) is 9.98 Å². The predicted octanol–water partition coefficient (Wildman–Crippen LogP) is 3.60. The summed E-state index contributed by atoms with van der Waals surface area (Å²) >= 11 is 0. The Balaban J connectivity index is 2.71. The van der Waals surface area contributed by atoms with Crippen molar-refractivity contribution in [2.45, 2.75) is 24.9 Å². The SMILES string of the molecule is CCC(N=C=O)(N=C=O)C(c1ccccc1)c1ccccc1. The first-order chi connectivity index (χ1) is 10.8. The van der Waals surface area contributed by atoms with Crippen molar-refractivity contribution in [2.75, 3.05) is 0 Å². The quantitative estimate of drug-likeness (QED) is 0.603. The highest BCUT2D eigenvalue weighted by Crippen LogP contribution is 2.40. The minimum Gasteiger partial charge on any atom is -0.211 e. The first-order valence-electron chi connectivity index (χ1n) is 7.05. The van der Waals surface area contributed by atoms with Crippen molar-refractivity contribution in [1.29, 1.82) is 0 Å². The molecule has 0 heterocycles. The van der Waals surface area contributed by atoms with Crippen LogP contribution in [0.4, 0.5) is 0 Å². The molecule has 0 fully saturated rings. The van der Waals surface area contributed by atoms with E-state index in [0.29, 0.717) is 6.42 Å². The summed E-state index contributed by atoms with van der Waals surface area (Å²) in [4.78, 5) is 29.6. The van der Waals surface area contributed by atoms with Gasteiger partial charge in [-0.2, -0.15) is 9.98 Å². The summed E-state index contributed by atoms with van der Waals surface area (Å²) in [5.41, 5.74) is 0.619. The van der Waals surface area contributed by atoms with Crippen molar-refractivity contribution < 1.29 is 9.59 Å². The minimum atomic E-state index is -1.23. The third-order valence-corrected chi connectivity index (χ3v) is 3.73. The number of carbonyl (C=O) groups excluding carboxylic acids is 2. The molecule has 0 spiro atoms. The van der Waals surface area contributed by atoms with Crippen LogP contribution in [0.3, 0.4) is 0 Å². The van der Waals surface area contributed by atoms with Gasteiger partial charge >= 0.3 is 0 Å². The zero-order chi connectivity index (χ0) is 15.8. The Morgan fingerprint density at radius 1 is 0.864 bits per heavy atom. The van der Waals surface area contributed by atoms with Crippen LogP contribution in [0.25, 0.3) is 0 Å². The fourth-order valence-corrected chi connectivity index (χ4v) is 2.69. The summed E-state index contributed by atoms with van der Waals surface area (Å²) < 4.78 is 0. The average molecular weight is 292 g/mol. The van der Waals surface area contributed by atoms with E-state index in [0.717, 1.165) is 11.1 Å². The van der Waals surface area contributed by atoms with Gasteiger partial charge in [-0.25, -0.2) is 9.59 Å². The monoisotopic (exact) mass is 292 g/mol. The molecule has 0 amide bonds. The summed E-state index contributed by atoms with van der Waals surface area (Å²) in [7, 11) is 0. The molecule has 0 saturated carbocycles. The van der Waals surface area contributed by atoms with E-state index >= 15 is 0 Å². The van der Waals surface area contributed by atoms with Gasteiger partial charge < -0.3 is 0 Å². The highest BCUT2D eigenvalue weighted by molar-refractivity contribution is 5.45. The van der Waals surface area contributed by atoms with Gasteiger partial charge in [0.05, 0.1) is 5.92 Å². The Labute approximate surface area is 129 Å². The minimum absolute atomic E-state index is 0.359. The van der Waals surface area contributed by atoms with Crippen molar-refractivity contribution >= 4 is 12.2 Å². The smallest absolute Gasteiger partial charge is 0.211 e. The standard InChI is InChI=1S/C18H16N2O2/c1-2-18(19-13-21,20-14-22)17(15-9-5-3-6-10-15)16-11-7-4-8-12-16/h3-12,17H,2H2,1H3. The van der Waals surface area contributed by atoms with Gasteiger partial charge in [-0.1, -0.05) is 67.6 Å². The third kappa shape index (κ3) is 3.09. The number of isocyanates is 2. The third-order valence-electron chi connectivity index (χ3n) is 3.73. The second-order valence-electron chi connectivity index (χ2n) is 4.89. The van der Waals surface area contributed by atoms with Crippen LogP contribution < -0.4 is 0 Å². The number of hydrogen-bond donors (Lipinski definition) is 0. The Kier molecular flexibility index (Phi) is 5.16. The van der Waals surface area contributed by atoms with Crippen LogP contribution in [0.5, 0.6) is 0 Å². The molecule has 0 aliphatic carbocycles. The lowest BCUT2D eigenvalue weighted by Gasteiger charge is -2.31. The lowest BCUT2D eigenvalue weighted by atomic mass is 9.79. The Morgan fingerprint density at radius 3 is 1.59 bits per heavy atom. The van der Waals surface area contributed by atoms with Crippen molar-refractivity contribution in [2.24, 2.45) is 9.98 Å². The van der Waals surface area contributed by atoms with E-state index in [4.69, 9.17) is 0 Å². The molecule has 0 unspecified atom stereocenters. The number of hydrogen-bond acceptors (Lipinski definition) is 4. The molecule has 4 nitrogen and oxygen atoms in total. The highest BCUT2D eigenvalue weighted by atomic mass is 16.1. The lowest BCUT2D eigenvalue weighted by Crippen LogP contribution is -2.32. The van der Waals surface area contributed by atoms with Crippen molar-refractivity contribution in [3.05, 3.63) is 71.8 Å². The second-order valence-corrected chi connectivity index (χ2v) is 4.89. The molecule has 22 heavy (non-hydrogen) atoms. The van der Waals surface area contributed by atoms with Gasteiger partial charge in [0.1, 0.15) is 0 Å². The Morgan fingerprint density at radius 2 is 1.27 bits per heavy atom. The van der Waals surface area contributed by atoms with Crippen LogP contribution in [0, 0.1) is 0 Å². The lowest BCUT2D eigenvalue weighted by molar-refractivity contribution is 0.378. The maximum atomic E-state index is 10.9. The van der Waals surface area contributed by atoms with Crippen LogP contribution in [-0.2, 0) is 9.59 Å². The molecule has 110 valence electrons. The molecule has 2 aromatic rings. The molecule has 0 aliphatic rings. The molecule has 2 rings (SSSR count). The van der Waals surface area contributed by atoms with Crippen molar-refractivity contribution in [1.82, 2.24) is 0 Å². The number of aliphatic imine (C=N–C) groups is 2. The fraction of sp³-hybridized carbons (Fsp3) is 0.222. The summed E-state index contributed by atoms with van der Waals surface area (Å²) in [5, 5.41) is 0. The number of benzene rings is 2. The molecule has 0 N–H and O–H groups in total. The van der Waals surface area contributed by atoms with Crippen LogP contribution in [-0.4, -0.2) is 17.8 Å². The Bertz CT molecular complexity index is 643. The highest BCUT2D eigenvalue weighted by Gasteiger charge is 2.39. The zero-order valence-electron chi connectivity index (χ0n) is 12.3. The van der Waals surface area contributed by atoms with E-state index in [9.17, 15) is 9.59 Å². The average Bonchev–Trinajstić information content (AvgIpc) is 2.57. The largest absolute Gasteiger partial charge is 0.237 e. The van der Waals surface area contributed by atoms with Gasteiger partial charge in [-0.15, -0.1) is 0 Å². The molecule has 0 bridgehead atoms. The number of nitrogens with zero attached hydrogens (tertiary/aromatic N) is 2. The second kappa shape index (κ2) is 7.28. The molecular weight excluding hydrogens is 276 g/mol. The molecule has 0 saturated heterocycles. The fourth-order valence-electron chi connectivity index (χ4n) is 2.69. The molecule has 2 aromatic carbocycles. The van der Waals surface area contributed by atoms with Gasteiger partial charge in [0.25, 0.3) is 0 Å². The van der Waals surface area contributed by atoms with Crippen LogP contribution in [0.1, 0.15) is 30.4 Å². The first kappa shape index (κ1) is 15.6. The van der Waals surface area contributed by atoms with Crippen molar-refractivity contribution in [3.63, 3.8) is 0 Å². The maximum absolute atomic E-state index is 10.9. The molecule has 0 aromatic heterocycles. The first-order valence-corrected chi connectivity index (χ1v) is 7.05. The zero-order valence-corrected chi connectivity index (χ0v) is 12.3. The molecule has 4 heteroatoms. The molecule has 0 aliphatic heterocycles. The van der Waals surface area contributed by atoms with Crippen LogP contribution in [0.15, 0.2) is 70.6 Å². The van der Waals surface area contributed by atoms with Gasteiger partial charge in [0, 0.05) is 0 Å². The van der Waals surface area contributed by atoms with Gasteiger partial charge in [-0.05, 0) is 17.5 Å². The van der Waals surface area contributed by atoms with Crippen LogP contribution in [0.2, 0.25) is 0 Å². The van der Waals surface area contributed by atoms with E-state index in [-0.39, 0.29) is 5.92 Å². The molecular formula is C18H16N2O2. The van der Waals surface area contributed by atoms with Gasteiger partial charge in [-0.3, -0.25) is 0 Å². The normalized spacial score (nSPS) is 12.8. The van der Waals surface area contributed by atoms with E-state index in [1.165, 1.54) is 0 Å². The van der Waals surface area contributed by atoms with E-state index in [1.54, 1.807) is 12.2 Å². The molecule has 0 radical (unpaired) electrons. The maximum Gasteiger partial charge on any atom is 0.237 e. The summed E-state index contributed by atoms with van der Waals surface area (Å²) in [6, 6.07) is 19.2. The van der Waals surface area contributed by atoms with Crippen molar-refractivity contribution in [3.8, 4) is 0 Å². The van der Waals surface area contributed by atoms with Gasteiger partial charge in [0.15, 0.2) is 5.66 Å². The Hall–Kier alpha value is -2.80. The molecule has 0 atom stereocenters. The van der Waals surface area contributed by atoms with E-state index in [1.807, 2.05) is 67.6 Å². The van der Waals surface area contributed by atoms with Gasteiger partial charge in [0.2, 0.25) is 12.2 Å². The van der Waals surface area contributed by atoms with Crippen LogP contribution >= 0.6 is 0 Å². The summed E-state index contributed by atoms with van der Waals surface area (Å²) in [5.74, 6) is -0.359. The predicted molar refractivity (Wildman–Crippen MR) is 84.0 cm³/mol.